The van der Waals surface area contributed by atoms with Gasteiger partial charge in [-0.15, -0.1) is 0 Å². The molecule has 1 heterocycles. The number of rotatable bonds is 6. The molecule has 0 atom stereocenters. The Kier molecular flexibility index (Phi) is 6.89. The van der Waals surface area contributed by atoms with Crippen LogP contribution in [0.1, 0.15) is 43.4 Å². The number of piperazine rings is 1. The van der Waals surface area contributed by atoms with Crippen LogP contribution in [-0.2, 0) is 28.9 Å². The third kappa shape index (κ3) is 5.10. The molecule has 27 heavy (non-hydrogen) atoms. The van der Waals surface area contributed by atoms with Crippen molar-refractivity contribution in [2.45, 2.75) is 46.0 Å². The van der Waals surface area contributed by atoms with Crippen molar-refractivity contribution in [2.75, 3.05) is 45.8 Å². The first-order chi connectivity index (χ1) is 13.1. The van der Waals surface area contributed by atoms with Crippen LogP contribution in [0, 0.1) is 0 Å². The van der Waals surface area contributed by atoms with Crippen LogP contribution in [0.15, 0.2) is 18.2 Å². The van der Waals surface area contributed by atoms with E-state index in [-0.39, 0.29) is 11.8 Å². The van der Waals surface area contributed by atoms with E-state index < -0.39 is 0 Å². The minimum Gasteiger partial charge on any atom is -0.342 e. The molecular weight excluding hydrogens is 338 g/mol. The van der Waals surface area contributed by atoms with E-state index in [0.29, 0.717) is 13.0 Å². The van der Waals surface area contributed by atoms with Crippen LogP contribution in [0.5, 0.6) is 0 Å². The molecule has 1 aliphatic carbocycles. The first kappa shape index (κ1) is 19.9. The molecule has 0 N–H and O–H groups in total. The molecule has 1 aromatic carbocycles. The van der Waals surface area contributed by atoms with Crippen LogP contribution < -0.4 is 0 Å². The van der Waals surface area contributed by atoms with Crippen LogP contribution in [-0.4, -0.2) is 72.3 Å². The van der Waals surface area contributed by atoms with Crippen LogP contribution >= 0.6 is 0 Å². The van der Waals surface area contributed by atoms with Gasteiger partial charge in [0.2, 0.25) is 11.8 Å². The summed E-state index contributed by atoms with van der Waals surface area (Å²) in [6, 6.07) is 6.58. The Hall–Kier alpha value is -1.88. The molecule has 5 heteroatoms. The molecule has 3 rings (SSSR count). The summed E-state index contributed by atoms with van der Waals surface area (Å²) < 4.78 is 0. The van der Waals surface area contributed by atoms with Crippen LogP contribution in [0.3, 0.4) is 0 Å². The maximum absolute atomic E-state index is 12.7. The van der Waals surface area contributed by atoms with Crippen molar-refractivity contribution in [1.82, 2.24) is 14.7 Å². The first-order valence-electron chi connectivity index (χ1n) is 10.5. The molecule has 0 saturated carbocycles. The van der Waals surface area contributed by atoms with E-state index in [9.17, 15) is 9.59 Å². The van der Waals surface area contributed by atoms with E-state index in [0.717, 1.165) is 51.3 Å². The van der Waals surface area contributed by atoms with Crippen LogP contribution in [0.4, 0.5) is 0 Å². The average molecular weight is 372 g/mol. The Labute approximate surface area is 163 Å². The molecule has 1 aliphatic heterocycles. The third-order valence-corrected chi connectivity index (χ3v) is 5.97. The predicted molar refractivity (Wildman–Crippen MR) is 108 cm³/mol. The molecule has 0 unspecified atom stereocenters. The van der Waals surface area contributed by atoms with Gasteiger partial charge in [-0.2, -0.15) is 0 Å². The zero-order valence-corrected chi connectivity index (χ0v) is 16.9. The summed E-state index contributed by atoms with van der Waals surface area (Å²) in [6.07, 6.45) is 5.37. The number of carbonyl (C=O) groups is 2. The fourth-order valence-electron chi connectivity index (χ4n) is 4.21. The lowest BCUT2D eigenvalue weighted by Gasteiger charge is -2.35. The molecule has 1 fully saturated rings. The molecular formula is C22H33N3O2. The van der Waals surface area contributed by atoms with Gasteiger partial charge in [-0.3, -0.25) is 14.5 Å². The number of nitrogens with zero attached hydrogens (tertiary/aromatic N) is 3. The van der Waals surface area contributed by atoms with E-state index in [1.807, 2.05) is 23.6 Å². The highest BCUT2D eigenvalue weighted by atomic mass is 16.2. The molecule has 1 aromatic rings. The Balaban J connectivity index is 1.48. The van der Waals surface area contributed by atoms with E-state index in [2.05, 4.69) is 23.1 Å². The molecule has 0 bridgehead atoms. The molecule has 0 radical (unpaired) electrons. The minimum atomic E-state index is 0.189. The van der Waals surface area contributed by atoms with Gasteiger partial charge in [0.25, 0.3) is 0 Å². The van der Waals surface area contributed by atoms with Gasteiger partial charge < -0.3 is 9.80 Å². The normalized spacial score (nSPS) is 17.5. The Morgan fingerprint density at radius 3 is 2.30 bits per heavy atom. The van der Waals surface area contributed by atoms with E-state index in [1.54, 1.807) is 0 Å². The minimum absolute atomic E-state index is 0.189. The SMILES string of the molecule is CCN(CC)C(=O)CN1CCN(C(=O)Cc2ccc3c(c2)CCCC3)CC1. The fraction of sp³-hybridized carbons (Fsp3) is 0.636. The maximum Gasteiger partial charge on any atom is 0.236 e. The van der Waals surface area contributed by atoms with Crippen molar-refractivity contribution in [2.24, 2.45) is 0 Å². The largest absolute Gasteiger partial charge is 0.342 e. The summed E-state index contributed by atoms with van der Waals surface area (Å²) in [5.41, 5.74) is 4.04. The smallest absolute Gasteiger partial charge is 0.236 e. The topological polar surface area (TPSA) is 43.9 Å². The summed E-state index contributed by atoms with van der Waals surface area (Å²) in [5.74, 6) is 0.398. The lowest BCUT2D eigenvalue weighted by molar-refractivity contribution is -0.134. The Morgan fingerprint density at radius 2 is 1.63 bits per heavy atom. The number of likely N-dealkylation sites (N-methyl/N-ethyl adjacent to an activating group) is 1. The molecule has 5 nitrogen and oxygen atoms in total. The van der Waals surface area contributed by atoms with Gasteiger partial charge in [-0.05, 0) is 56.2 Å². The van der Waals surface area contributed by atoms with Crippen molar-refractivity contribution in [3.05, 3.63) is 34.9 Å². The molecule has 2 amide bonds. The molecule has 2 aliphatic rings. The van der Waals surface area contributed by atoms with Gasteiger partial charge >= 0.3 is 0 Å². The van der Waals surface area contributed by atoms with Crippen molar-refractivity contribution in [3.8, 4) is 0 Å². The Morgan fingerprint density at radius 1 is 0.963 bits per heavy atom. The number of fused-ring (bicyclic) bond motifs is 1. The van der Waals surface area contributed by atoms with E-state index >= 15 is 0 Å². The van der Waals surface area contributed by atoms with Gasteiger partial charge in [0, 0.05) is 39.3 Å². The second-order valence-corrected chi connectivity index (χ2v) is 7.71. The van der Waals surface area contributed by atoms with Gasteiger partial charge in [0.1, 0.15) is 0 Å². The number of carbonyl (C=O) groups excluding carboxylic acids is 2. The average Bonchev–Trinajstić information content (AvgIpc) is 2.69. The van der Waals surface area contributed by atoms with Gasteiger partial charge in [0.05, 0.1) is 13.0 Å². The van der Waals surface area contributed by atoms with Crippen LogP contribution in [0.2, 0.25) is 0 Å². The maximum atomic E-state index is 12.7. The highest BCUT2D eigenvalue weighted by molar-refractivity contribution is 5.79. The first-order valence-corrected chi connectivity index (χ1v) is 10.5. The van der Waals surface area contributed by atoms with E-state index in [4.69, 9.17) is 0 Å². The highest BCUT2D eigenvalue weighted by Gasteiger charge is 2.23. The lowest BCUT2D eigenvalue weighted by Crippen LogP contribution is -2.51. The fourth-order valence-corrected chi connectivity index (χ4v) is 4.21. The lowest BCUT2D eigenvalue weighted by atomic mass is 9.90. The molecule has 1 saturated heterocycles. The standard InChI is InChI=1S/C22H33N3O2/c1-3-24(4-2)22(27)17-23-11-13-25(14-12-23)21(26)16-18-9-10-19-7-5-6-8-20(19)15-18/h9-10,15H,3-8,11-14,16-17H2,1-2H3. The highest BCUT2D eigenvalue weighted by Crippen LogP contribution is 2.22. The summed E-state index contributed by atoms with van der Waals surface area (Å²) >= 11 is 0. The van der Waals surface area contributed by atoms with Crippen molar-refractivity contribution in [1.29, 1.82) is 0 Å². The predicted octanol–water partition coefficient (Wildman–Crippen LogP) is 2.12. The second-order valence-electron chi connectivity index (χ2n) is 7.71. The number of amides is 2. The summed E-state index contributed by atoms with van der Waals surface area (Å²) in [4.78, 5) is 30.9. The number of hydrogen-bond donors (Lipinski definition) is 0. The molecule has 148 valence electrons. The summed E-state index contributed by atoms with van der Waals surface area (Å²) in [7, 11) is 0. The Bertz CT molecular complexity index is 662. The summed E-state index contributed by atoms with van der Waals surface area (Å²) in [6.45, 7) is 9.01. The molecule has 0 spiro atoms. The molecule has 0 aromatic heterocycles. The van der Waals surface area contributed by atoms with Gasteiger partial charge in [-0.1, -0.05) is 18.2 Å². The number of hydrogen-bond acceptors (Lipinski definition) is 3. The third-order valence-electron chi connectivity index (χ3n) is 5.97. The zero-order valence-electron chi connectivity index (χ0n) is 16.9. The zero-order chi connectivity index (χ0) is 19.2. The second kappa shape index (κ2) is 9.36. The van der Waals surface area contributed by atoms with Gasteiger partial charge in [-0.25, -0.2) is 0 Å². The van der Waals surface area contributed by atoms with Gasteiger partial charge in [0.15, 0.2) is 0 Å². The van der Waals surface area contributed by atoms with Crippen molar-refractivity contribution >= 4 is 11.8 Å². The van der Waals surface area contributed by atoms with Crippen molar-refractivity contribution in [3.63, 3.8) is 0 Å². The monoisotopic (exact) mass is 371 g/mol. The van der Waals surface area contributed by atoms with Crippen molar-refractivity contribution < 1.29 is 9.59 Å². The van der Waals surface area contributed by atoms with E-state index in [1.165, 1.54) is 30.4 Å². The van der Waals surface area contributed by atoms with Crippen LogP contribution in [0.25, 0.3) is 0 Å². The number of benzene rings is 1. The quantitative estimate of drug-likeness (QED) is 0.769. The number of aryl methyl sites for hydroxylation is 2. The summed E-state index contributed by atoms with van der Waals surface area (Å²) in [5, 5.41) is 0.